The van der Waals surface area contributed by atoms with Crippen LogP contribution >= 0.6 is 0 Å². The van der Waals surface area contributed by atoms with E-state index >= 15 is 0 Å². The molecule has 0 amide bonds. The molecule has 0 unspecified atom stereocenters. The molecule has 0 radical (unpaired) electrons. The lowest BCUT2D eigenvalue weighted by atomic mass is 10.3. The molecule has 1 aliphatic heterocycles. The van der Waals surface area contributed by atoms with Crippen molar-refractivity contribution in [1.82, 2.24) is 15.3 Å². The first-order valence-corrected chi connectivity index (χ1v) is 7.71. The zero-order valence-corrected chi connectivity index (χ0v) is 13.0. The Morgan fingerprint density at radius 3 is 2.62 bits per heavy atom. The number of nitrogens with zero attached hydrogens (tertiary/aromatic N) is 3. The number of nitrogens with one attached hydrogen (secondary N) is 1. The van der Waals surface area contributed by atoms with E-state index in [-0.39, 0.29) is 19.0 Å². The molecule has 128 valence electrons. The Balaban J connectivity index is 1.56. The minimum atomic E-state index is -0.614. The third-order valence-corrected chi connectivity index (χ3v) is 3.54. The van der Waals surface area contributed by atoms with Crippen LogP contribution in [0.5, 0.6) is 11.6 Å². The van der Waals surface area contributed by atoms with Crippen LogP contribution in [0.4, 0.5) is 14.6 Å². The zero-order valence-electron chi connectivity index (χ0n) is 13.0. The maximum Gasteiger partial charge on any atom is 0.257 e. The highest BCUT2D eigenvalue weighted by Crippen LogP contribution is 2.23. The number of rotatable bonds is 6. The summed E-state index contributed by atoms with van der Waals surface area (Å²) in [6.45, 7) is 3.60. The molecule has 1 aromatic heterocycles. The predicted molar refractivity (Wildman–Crippen MR) is 84.5 cm³/mol. The van der Waals surface area contributed by atoms with Crippen molar-refractivity contribution in [2.24, 2.45) is 0 Å². The van der Waals surface area contributed by atoms with E-state index in [9.17, 15) is 8.78 Å². The number of aromatic nitrogens is 2. The van der Waals surface area contributed by atoms with Gasteiger partial charge in [-0.25, -0.2) is 18.7 Å². The molecule has 1 N–H and O–H groups in total. The standard InChI is InChI=1S/C16H18F2N4O2/c17-12-1-2-13(18)14(11-12)23-9-10-24-16-15(20-3-4-21-16)22-7-5-19-6-8-22/h1-4,11,19H,5-10H2. The molecule has 1 aliphatic rings. The normalized spacial score (nSPS) is 14.5. The molecule has 2 heterocycles. The molecule has 1 saturated heterocycles. The van der Waals surface area contributed by atoms with Gasteiger partial charge in [0.2, 0.25) is 0 Å². The van der Waals surface area contributed by atoms with Gasteiger partial charge in [-0.05, 0) is 12.1 Å². The Labute approximate surface area is 138 Å². The smallest absolute Gasteiger partial charge is 0.257 e. The maximum absolute atomic E-state index is 13.5. The van der Waals surface area contributed by atoms with Gasteiger partial charge in [0.1, 0.15) is 19.0 Å². The Kier molecular flexibility index (Phi) is 5.37. The molecule has 0 spiro atoms. The van der Waals surface area contributed by atoms with E-state index < -0.39 is 11.6 Å². The van der Waals surface area contributed by atoms with E-state index in [0.29, 0.717) is 11.7 Å². The number of benzene rings is 1. The van der Waals surface area contributed by atoms with Gasteiger partial charge in [-0.15, -0.1) is 0 Å². The van der Waals surface area contributed by atoms with E-state index in [2.05, 4.69) is 20.2 Å². The van der Waals surface area contributed by atoms with Crippen LogP contribution < -0.4 is 19.7 Å². The first-order valence-electron chi connectivity index (χ1n) is 7.71. The molecule has 6 nitrogen and oxygen atoms in total. The molecule has 0 aliphatic carbocycles. The Morgan fingerprint density at radius 2 is 1.79 bits per heavy atom. The van der Waals surface area contributed by atoms with Gasteiger partial charge >= 0.3 is 0 Å². The van der Waals surface area contributed by atoms with Crippen LogP contribution in [-0.4, -0.2) is 49.4 Å². The summed E-state index contributed by atoms with van der Waals surface area (Å²) in [7, 11) is 0. The average molecular weight is 336 g/mol. The van der Waals surface area contributed by atoms with Crippen LogP contribution in [-0.2, 0) is 0 Å². The van der Waals surface area contributed by atoms with Crippen molar-refractivity contribution in [1.29, 1.82) is 0 Å². The third kappa shape index (κ3) is 4.08. The first kappa shape index (κ1) is 16.4. The summed E-state index contributed by atoms with van der Waals surface area (Å²) in [5.41, 5.74) is 0. The van der Waals surface area contributed by atoms with Crippen LogP contribution in [0.3, 0.4) is 0 Å². The lowest BCUT2D eigenvalue weighted by Crippen LogP contribution is -2.44. The fourth-order valence-electron chi connectivity index (χ4n) is 2.39. The van der Waals surface area contributed by atoms with Crippen molar-refractivity contribution in [3.8, 4) is 11.6 Å². The molecule has 1 fully saturated rings. The minimum Gasteiger partial charge on any atom is -0.487 e. The van der Waals surface area contributed by atoms with Gasteiger partial charge in [0, 0.05) is 44.6 Å². The van der Waals surface area contributed by atoms with Crippen LogP contribution in [0.25, 0.3) is 0 Å². The summed E-state index contributed by atoms with van der Waals surface area (Å²) < 4.78 is 37.4. The van der Waals surface area contributed by atoms with Crippen LogP contribution in [0.1, 0.15) is 0 Å². The molecule has 2 aromatic rings. The van der Waals surface area contributed by atoms with Gasteiger partial charge in [0.15, 0.2) is 17.4 Å². The topological polar surface area (TPSA) is 59.5 Å². The fourth-order valence-corrected chi connectivity index (χ4v) is 2.39. The van der Waals surface area contributed by atoms with Crippen LogP contribution in [0.2, 0.25) is 0 Å². The third-order valence-electron chi connectivity index (χ3n) is 3.54. The first-order chi connectivity index (χ1) is 11.7. The molecule has 24 heavy (non-hydrogen) atoms. The van der Waals surface area contributed by atoms with E-state index in [1.165, 1.54) is 0 Å². The van der Waals surface area contributed by atoms with E-state index in [0.717, 1.165) is 44.4 Å². The second kappa shape index (κ2) is 7.87. The predicted octanol–water partition coefficient (Wildman–Crippen LogP) is 1.62. The number of piperazine rings is 1. The zero-order chi connectivity index (χ0) is 16.8. The summed E-state index contributed by atoms with van der Waals surface area (Å²) in [6, 6.07) is 3.07. The van der Waals surface area contributed by atoms with E-state index in [4.69, 9.17) is 9.47 Å². The Bertz CT molecular complexity index is 681. The van der Waals surface area contributed by atoms with Gasteiger partial charge in [-0.1, -0.05) is 0 Å². The summed E-state index contributed by atoms with van der Waals surface area (Å²) in [5.74, 6) is -0.224. The summed E-state index contributed by atoms with van der Waals surface area (Å²) in [6.07, 6.45) is 3.16. The average Bonchev–Trinajstić information content (AvgIpc) is 2.62. The number of ether oxygens (including phenoxy) is 2. The van der Waals surface area contributed by atoms with Crippen molar-refractivity contribution in [3.63, 3.8) is 0 Å². The molecule has 3 rings (SSSR count). The summed E-state index contributed by atoms with van der Waals surface area (Å²) in [4.78, 5) is 10.6. The lowest BCUT2D eigenvalue weighted by molar-refractivity contribution is 0.206. The Morgan fingerprint density at radius 1 is 1.04 bits per heavy atom. The van der Waals surface area contributed by atoms with Crippen molar-refractivity contribution in [2.75, 3.05) is 44.3 Å². The van der Waals surface area contributed by atoms with Crippen molar-refractivity contribution in [3.05, 3.63) is 42.2 Å². The largest absolute Gasteiger partial charge is 0.487 e. The van der Waals surface area contributed by atoms with Crippen molar-refractivity contribution < 1.29 is 18.3 Å². The van der Waals surface area contributed by atoms with E-state index in [1.807, 2.05) is 0 Å². The maximum atomic E-state index is 13.5. The molecule has 8 heteroatoms. The molecule has 0 atom stereocenters. The van der Waals surface area contributed by atoms with Gasteiger partial charge in [-0.2, -0.15) is 0 Å². The summed E-state index contributed by atoms with van der Waals surface area (Å²) in [5, 5.41) is 3.27. The monoisotopic (exact) mass is 336 g/mol. The molecule has 0 bridgehead atoms. The molecule has 1 aromatic carbocycles. The quantitative estimate of drug-likeness (QED) is 0.809. The summed E-state index contributed by atoms with van der Waals surface area (Å²) >= 11 is 0. The minimum absolute atomic E-state index is 0.0674. The molecular weight excluding hydrogens is 318 g/mol. The highest BCUT2D eigenvalue weighted by atomic mass is 19.1. The Hall–Kier alpha value is -2.48. The van der Waals surface area contributed by atoms with Crippen LogP contribution in [0, 0.1) is 11.6 Å². The lowest BCUT2D eigenvalue weighted by Gasteiger charge is -2.28. The van der Waals surface area contributed by atoms with Gasteiger partial charge in [0.05, 0.1) is 0 Å². The molecule has 0 saturated carbocycles. The fraction of sp³-hybridized carbons (Fsp3) is 0.375. The second-order valence-electron chi connectivity index (χ2n) is 5.19. The van der Waals surface area contributed by atoms with Gasteiger partial charge in [-0.3, -0.25) is 0 Å². The van der Waals surface area contributed by atoms with Crippen molar-refractivity contribution in [2.45, 2.75) is 0 Å². The molecular formula is C16H18F2N4O2. The van der Waals surface area contributed by atoms with Crippen LogP contribution in [0.15, 0.2) is 30.6 Å². The van der Waals surface area contributed by atoms with Crippen molar-refractivity contribution >= 4 is 5.82 Å². The van der Waals surface area contributed by atoms with Gasteiger partial charge < -0.3 is 19.7 Å². The highest BCUT2D eigenvalue weighted by Gasteiger charge is 2.17. The number of anilines is 1. The van der Waals surface area contributed by atoms with E-state index in [1.54, 1.807) is 12.4 Å². The van der Waals surface area contributed by atoms with Gasteiger partial charge in [0.25, 0.3) is 5.88 Å². The second-order valence-corrected chi connectivity index (χ2v) is 5.19. The highest BCUT2D eigenvalue weighted by molar-refractivity contribution is 5.48. The number of halogens is 2. The number of hydrogen-bond acceptors (Lipinski definition) is 6. The SMILES string of the molecule is Fc1ccc(F)c(OCCOc2nccnc2N2CCNCC2)c1. The number of hydrogen-bond donors (Lipinski definition) is 1.